The van der Waals surface area contributed by atoms with Crippen molar-refractivity contribution in [2.24, 2.45) is 0 Å². The number of carbonyl (C=O) groups is 1. The van der Waals surface area contributed by atoms with Crippen LogP contribution >= 0.6 is 0 Å². The number of anilines is 2. The van der Waals surface area contributed by atoms with E-state index >= 15 is 0 Å². The molecule has 1 aromatic carbocycles. The number of hydrogen-bond acceptors (Lipinski definition) is 6. The molecular weight excluding hydrogens is 388 g/mol. The van der Waals surface area contributed by atoms with Gasteiger partial charge in [0.15, 0.2) is 5.78 Å². The smallest absolute Gasteiger partial charge is 0.217 e. The van der Waals surface area contributed by atoms with Crippen LogP contribution in [0.1, 0.15) is 55.9 Å². The van der Waals surface area contributed by atoms with Gasteiger partial charge < -0.3 is 15.4 Å². The molecule has 0 aliphatic carbocycles. The van der Waals surface area contributed by atoms with Gasteiger partial charge in [0.25, 0.3) is 0 Å². The van der Waals surface area contributed by atoms with Crippen molar-refractivity contribution in [3.8, 4) is 5.88 Å². The van der Waals surface area contributed by atoms with Gasteiger partial charge in [-0.05, 0) is 43.4 Å². The summed E-state index contributed by atoms with van der Waals surface area (Å²) in [5, 5.41) is 0. The van der Waals surface area contributed by atoms with Crippen LogP contribution in [0.4, 0.5) is 11.5 Å². The van der Waals surface area contributed by atoms with Crippen LogP contribution in [0.2, 0.25) is 0 Å². The highest BCUT2D eigenvalue weighted by molar-refractivity contribution is 5.92. The molecular formula is C25H34N4O2. The molecule has 0 bridgehead atoms. The monoisotopic (exact) mass is 422 g/mol. The van der Waals surface area contributed by atoms with Crippen molar-refractivity contribution in [2.45, 2.75) is 65.6 Å². The van der Waals surface area contributed by atoms with Crippen molar-refractivity contribution in [2.75, 3.05) is 30.3 Å². The molecule has 0 radical (unpaired) electrons. The predicted molar refractivity (Wildman–Crippen MR) is 125 cm³/mol. The van der Waals surface area contributed by atoms with Crippen LogP contribution in [0.15, 0.2) is 24.3 Å². The standard InChI is InChI=1S/C25H34N4O2/c1-4-5-10-31-24-13-23-22(25(26)27-24)12-21(30)16-29(23)14-18-6-7-19-8-9-28(17(2)3)15-20(19)11-18/h6-7,11,13,17H,4-5,8-10,12,14-16H2,1-3H3,(H2,26,27). The highest BCUT2D eigenvalue weighted by Crippen LogP contribution is 2.34. The number of benzene rings is 1. The van der Waals surface area contributed by atoms with E-state index in [1.54, 1.807) is 0 Å². The summed E-state index contributed by atoms with van der Waals surface area (Å²) in [6.45, 7) is 10.4. The Bertz CT molecular complexity index is 957. The van der Waals surface area contributed by atoms with Crippen molar-refractivity contribution in [1.82, 2.24) is 9.88 Å². The third-order valence-corrected chi connectivity index (χ3v) is 6.36. The fourth-order valence-electron chi connectivity index (χ4n) is 4.50. The third-order valence-electron chi connectivity index (χ3n) is 6.36. The maximum absolute atomic E-state index is 12.5. The Morgan fingerprint density at radius 1 is 1.19 bits per heavy atom. The maximum Gasteiger partial charge on any atom is 0.217 e. The molecule has 0 atom stereocenters. The van der Waals surface area contributed by atoms with Crippen LogP contribution in [-0.2, 0) is 30.7 Å². The van der Waals surface area contributed by atoms with E-state index in [0.717, 1.165) is 43.6 Å². The molecule has 2 N–H and O–H groups in total. The first-order valence-corrected chi connectivity index (χ1v) is 11.5. The number of carbonyl (C=O) groups excluding carboxylic acids is 1. The summed E-state index contributed by atoms with van der Waals surface area (Å²) in [4.78, 5) is 21.5. The SMILES string of the molecule is CCCCOc1cc2c(c(N)n1)CC(=O)CN2Cc1ccc2c(c1)CN(C(C)C)CC2. The first-order chi connectivity index (χ1) is 14.9. The van der Waals surface area contributed by atoms with Crippen LogP contribution in [-0.4, -0.2) is 41.4 Å². The van der Waals surface area contributed by atoms with Crippen molar-refractivity contribution >= 4 is 17.3 Å². The average molecular weight is 423 g/mol. The van der Waals surface area contributed by atoms with Gasteiger partial charge in [-0.3, -0.25) is 9.69 Å². The maximum atomic E-state index is 12.5. The highest BCUT2D eigenvalue weighted by atomic mass is 16.5. The Kier molecular flexibility index (Phi) is 6.46. The molecule has 6 nitrogen and oxygen atoms in total. The lowest BCUT2D eigenvalue weighted by molar-refractivity contribution is -0.117. The number of unbranched alkanes of at least 4 members (excludes halogenated alkanes) is 1. The molecule has 2 aliphatic heterocycles. The highest BCUT2D eigenvalue weighted by Gasteiger charge is 2.27. The van der Waals surface area contributed by atoms with Crippen molar-refractivity contribution in [3.05, 3.63) is 46.5 Å². The van der Waals surface area contributed by atoms with E-state index < -0.39 is 0 Å². The van der Waals surface area contributed by atoms with Gasteiger partial charge in [0.1, 0.15) is 5.82 Å². The minimum Gasteiger partial charge on any atom is -0.478 e. The second-order valence-electron chi connectivity index (χ2n) is 9.03. The normalized spacial score (nSPS) is 16.4. The van der Waals surface area contributed by atoms with Crippen LogP contribution in [0.3, 0.4) is 0 Å². The van der Waals surface area contributed by atoms with E-state index in [-0.39, 0.29) is 5.78 Å². The van der Waals surface area contributed by atoms with Gasteiger partial charge >= 0.3 is 0 Å². The predicted octanol–water partition coefficient (Wildman–Crippen LogP) is 3.74. The second-order valence-corrected chi connectivity index (χ2v) is 9.03. The Labute approximate surface area is 185 Å². The molecule has 2 aromatic rings. The van der Waals surface area contributed by atoms with Gasteiger partial charge in [-0.2, -0.15) is 4.98 Å². The summed E-state index contributed by atoms with van der Waals surface area (Å²) < 4.78 is 5.82. The minimum atomic E-state index is 0.171. The van der Waals surface area contributed by atoms with Gasteiger partial charge in [0, 0.05) is 43.7 Å². The zero-order valence-electron chi connectivity index (χ0n) is 19.0. The van der Waals surface area contributed by atoms with E-state index in [2.05, 4.69) is 53.8 Å². The van der Waals surface area contributed by atoms with Crippen molar-refractivity contribution in [3.63, 3.8) is 0 Å². The molecule has 0 saturated carbocycles. The molecule has 2 aliphatic rings. The fraction of sp³-hybridized carbons (Fsp3) is 0.520. The van der Waals surface area contributed by atoms with Gasteiger partial charge in [-0.15, -0.1) is 0 Å². The van der Waals surface area contributed by atoms with E-state index in [1.165, 1.54) is 16.7 Å². The average Bonchev–Trinajstić information content (AvgIpc) is 2.74. The summed E-state index contributed by atoms with van der Waals surface area (Å²) in [5.74, 6) is 1.12. The van der Waals surface area contributed by atoms with E-state index in [4.69, 9.17) is 10.5 Å². The van der Waals surface area contributed by atoms with Gasteiger partial charge in [0.2, 0.25) is 5.88 Å². The number of fused-ring (bicyclic) bond motifs is 2. The van der Waals surface area contributed by atoms with E-state index in [9.17, 15) is 4.79 Å². The number of Topliss-reactive ketones (excluding diaryl/α,β-unsaturated/α-hetero) is 1. The number of hydrogen-bond donors (Lipinski definition) is 1. The number of nitrogens with zero attached hydrogens (tertiary/aromatic N) is 3. The molecule has 0 saturated heterocycles. The summed E-state index contributed by atoms with van der Waals surface area (Å²) in [6.07, 6.45) is 3.48. The van der Waals surface area contributed by atoms with Crippen LogP contribution in [0, 0.1) is 0 Å². The fourth-order valence-corrected chi connectivity index (χ4v) is 4.50. The molecule has 1 aromatic heterocycles. The molecule has 6 heteroatoms. The summed E-state index contributed by atoms with van der Waals surface area (Å²) in [7, 11) is 0. The largest absolute Gasteiger partial charge is 0.478 e. The van der Waals surface area contributed by atoms with Crippen LogP contribution in [0.25, 0.3) is 0 Å². The Balaban J connectivity index is 1.58. The quantitative estimate of drug-likeness (QED) is 0.686. The molecule has 0 amide bonds. The molecule has 0 fully saturated rings. The van der Waals surface area contributed by atoms with Crippen LogP contribution in [0.5, 0.6) is 5.88 Å². The number of nitrogen functional groups attached to an aromatic ring is 1. The van der Waals surface area contributed by atoms with Gasteiger partial charge in [-0.25, -0.2) is 0 Å². The number of rotatable bonds is 7. The van der Waals surface area contributed by atoms with Crippen LogP contribution < -0.4 is 15.4 Å². The molecule has 3 heterocycles. The molecule has 31 heavy (non-hydrogen) atoms. The molecule has 166 valence electrons. The third kappa shape index (κ3) is 4.85. The number of aromatic nitrogens is 1. The lowest BCUT2D eigenvalue weighted by atomic mass is 9.95. The number of ketones is 1. The van der Waals surface area contributed by atoms with Crippen molar-refractivity contribution in [1.29, 1.82) is 0 Å². The number of ether oxygens (including phenoxy) is 1. The second kappa shape index (κ2) is 9.27. The lowest BCUT2D eigenvalue weighted by Gasteiger charge is -2.33. The summed E-state index contributed by atoms with van der Waals surface area (Å²) in [6, 6.07) is 9.27. The zero-order chi connectivity index (χ0) is 22.0. The molecule has 0 spiro atoms. The Hall–Kier alpha value is -2.60. The summed E-state index contributed by atoms with van der Waals surface area (Å²) >= 11 is 0. The minimum absolute atomic E-state index is 0.171. The summed E-state index contributed by atoms with van der Waals surface area (Å²) in [5.41, 5.74) is 12.1. The number of pyridine rings is 1. The molecule has 0 unspecified atom stereocenters. The van der Waals surface area contributed by atoms with Crippen molar-refractivity contribution < 1.29 is 9.53 Å². The Morgan fingerprint density at radius 3 is 2.81 bits per heavy atom. The van der Waals surface area contributed by atoms with Gasteiger partial charge in [-0.1, -0.05) is 31.5 Å². The number of nitrogens with two attached hydrogens (primary N) is 1. The first-order valence-electron chi connectivity index (χ1n) is 11.5. The van der Waals surface area contributed by atoms with E-state index in [1.807, 2.05) is 6.07 Å². The zero-order valence-corrected chi connectivity index (χ0v) is 19.0. The topological polar surface area (TPSA) is 71.7 Å². The molecule has 4 rings (SSSR count). The Morgan fingerprint density at radius 2 is 2.03 bits per heavy atom. The first kappa shape index (κ1) is 21.6. The lowest BCUT2D eigenvalue weighted by Crippen LogP contribution is -2.37. The van der Waals surface area contributed by atoms with Gasteiger partial charge in [0.05, 0.1) is 18.8 Å². The van der Waals surface area contributed by atoms with E-state index in [0.29, 0.717) is 43.9 Å².